The highest BCUT2D eigenvalue weighted by Crippen LogP contribution is 2.39. The number of fused-ring (bicyclic) bond motifs is 1. The van der Waals surface area contributed by atoms with E-state index in [9.17, 15) is 0 Å². The van der Waals surface area contributed by atoms with Crippen LogP contribution < -0.4 is 9.47 Å². The Morgan fingerprint density at radius 2 is 1.83 bits per heavy atom. The molecule has 0 amide bonds. The van der Waals surface area contributed by atoms with Gasteiger partial charge in [-0.05, 0) is 84.8 Å². The monoisotopic (exact) mass is 400 g/mol. The lowest BCUT2D eigenvalue weighted by atomic mass is 9.97. The summed E-state index contributed by atoms with van der Waals surface area (Å²) in [6.45, 7) is 7.71. The minimum Gasteiger partial charge on any atom is -0.486 e. The molecule has 154 valence electrons. The van der Waals surface area contributed by atoms with E-state index in [0.717, 1.165) is 24.6 Å². The maximum atomic E-state index is 5.81. The van der Waals surface area contributed by atoms with E-state index < -0.39 is 0 Å². The van der Waals surface area contributed by atoms with Gasteiger partial charge < -0.3 is 9.47 Å². The van der Waals surface area contributed by atoms with E-state index in [2.05, 4.69) is 66.2 Å². The van der Waals surface area contributed by atoms with Crippen LogP contribution in [0.4, 0.5) is 0 Å². The van der Waals surface area contributed by atoms with Gasteiger partial charge in [-0.25, -0.2) is 0 Å². The number of likely N-dealkylation sites (tertiary alicyclic amines) is 1. The Kier molecular flexibility index (Phi) is 5.17. The number of aryl methyl sites for hydroxylation is 2. The summed E-state index contributed by atoms with van der Waals surface area (Å²) < 4.78 is 11.5. The highest BCUT2D eigenvalue weighted by Gasteiger charge is 2.27. The summed E-state index contributed by atoms with van der Waals surface area (Å²) in [5.74, 6) is 1.76. The number of hydrogen-bond acceptors (Lipinski definition) is 4. The van der Waals surface area contributed by atoms with Crippen LogP contribution in [0.25, 0.3) is 11.1 Å². The first-order chi connectivity index (χ1) is 14.7. The second-order valence-electron chi connectivity index (χ2n) is 8.36. The molecule has 4 nitrogen and oxygen atoms in total. The number of nitrogens with zero attached hydrogens (tertiary/aromatic N) is 2. The lowest BCUT2D eigenvalue weighted by Gasteiger charge is -2.27. The van der Waals surface area contributed by atoms with E-state index in [1.54, 1.807) is 0 Å². The fourth-order valence-electron chi connectivity index (χ4n) is 4.72. The van der Waals surface area contributed by atoms with Gasteiger partial charge in [0, 0.05) is 25.0 Å². The number of ether oxygens (including phenoxy) is 2. The number of benzene rings is 2. The predicted octanol–water partition coefficient (Wildman–Crippen LogP) is 5.47. The third-order valence-corrected chi connectivity index (χ3v) is 6.36. The third-order valence-electron chi connectivity index (χ3n) is 6.36. The van der Waals surface area contributed by atoms with Crippen molar-refractivity contribution in [3.63, 3.8) is 0 Å². The number of pyridine rings is 1. The zero-order valence-electron chi connectivity index (χ0n) is 17.7. The van der Waals surface area contributed by atoms with Crippen LogP contribution in [0.1, 0.15) is 41.1 Å². The highest BCUT2D eigenvalue weighted by molar-refractivity contribution is 5.67. The zero-order valence-corrected chi connectivity index (χ0v) is 17.7. The Labute approximate surface area is 178 Å². The normalized spacial score (nSPS) is 18.5. The van der Waals surface area contributed by atoms with E-state index in [4.69, 9.17) is 9.47 Å². The van der Waals surface area contributed by atoms with Crippen molar-refractivity contribution in [2.24, 2.45) is 0 Å². The molecule has 0 unspecified atom stereocenters. The maximum Gasteiger partial charge on any atom is 0.161 e. The molecule has 30 heavy (non-hydrogen) atoms. The molecule has 0 bridgehead atoms. The Bertz CT molecular complexity index is 1060. The quantitative estimate of drug-likeness (QED) is 0.581. The first-order valence-electron chi connectivity index (χ1n) is 10.8. The molecule has 5 rings (SSSR count). The van der Waals surface area contributed by atoms with Crippen LogP contribution in [-0.2, 0) is 6.54 Å². The second-order valence-corrected chi connectivity index (χ2v) is 8.36. The summed E-state index contributed by atoms with van der Waals surface area (Å²) in [7, 11) is 0. The van der Waals surface area contributed by atoms with Crippen molar-refractivity contribution in [3.8, 4) is 22.6 Å². The summed E-state index contributed by atoms with van der Waals surface area (Å²) in [6.07, 6.45) is 6.22. The highest BCUT2D eigenvalue weighted by atomic mass is 16.6. The molecule has 4 heteroatoms. The fourth-order valence-corrected chi connectivity index (χ4v) is 4.72. The van der Waals surface area contributed by atoms with Gasteiger partial charge in [-0.15, -0.1) is 0 Å². The van der Waals surface area contributed by atoms with Crippen molar-refractivity contribution < 1.29 is 9.47 Å². The van der Waals surface area contributed by atoms with Crippen molar-refractivity contribution in [3.05, 3.63) is 77.1 Å². The van der Waals surface area contributed by atoms with Crippen molar-refractivity contribution in [2.45, 2.75) is 39.3 Å². The summed E-state index contributed by atoms with van der Waals surface area (Å²) in [6, 6.07) is 15.8. The van der Waals surface area contributed by atoms with E-state index >= 15 is 0 Å². The number of rotatable bonds is 4. The molecule has 1 saturated heterocycles. The molecule has 2 aliphatic rings. The topological polar surface area (TPSA) is 34.6 Å². The third kappa shape index (κ3) is 3.68. The molecule has 0 N–H and O–H groups in total. The van der Waals surface area contributed by atoms with Crippen molar-refractivity contribution >= 4 is 0 Å². The van der Waals surface area contributed by atoms with Crippen LogP contribution in [0.2, 0.25) is 0 Å². The first-order valence-corrected chi connectivity index (χ1v) is 10.8. The number of hydrogen-bond donors (Lipinski definition) is 0. The number of aromatic nitrogens is 1. The summed E-state index contributed by atoms with van der Waals surface area (Å²) >= 11 is 0. The van der Waals surface area contributed by atoms with Crippen LogP contribution in [0.5, 0.6) is 11.5 Å². The van der Waals surface area contributed by atoms with Gasteiger partial charge in [0.2, 0.25) is 0 Å². The van der Waals surface area contributed by atoms with E-state index in [1.165, 1.54) is 46.2 Å². The first kappa shape index (κ1) is 19.1. The van der Waals surface area contributed by atoms with Crippen LogP contribution in [-0.4, -0.2) is 29.6 Å². The minimum absolute atomic E-state index is 0.433. The van der Waals surface area contributed by atoms with Crippen LogP contribution in [0.15, 0.2) is 54.9 Å². The smallest absolute Gasteiger partial charge is 0.161 e. The molecule has 1 atom stereocenters. The molecule has 3 heterocycles. The largest absolute Gasteiger partial charge is 0.486 e. The second kappa shape index (κ2) is 8.11. The maximum absolute atomic E-state index is 5.81. The standard InChI is InChI=1S/C26H28N2O2/c1-18-14-20(23-9-10-27-16-19(23)2)5-6-22(18)17-28-11-3-4-24(28)21-7-8-25-26(15-21)30-13-12-29-25/h5-10,14-16,24H,3-4,11-13,17H2,1-2H3/t24-/m0/s1. The summed E-state index contributed by atoms with van der Waals surface area (Å²) in [5, 5.41) is 0. The average molecular weight is 401 g/mol. The van der Waals surface area contributed by atoms with Gasteiger partial charge >= 0.3 is 0 Å². The zero-order chi connectivity index (χ0) is 20.5. The Hall–Kier alpha value is -2.85. The molecule has 1 fully saturated rings. The molecular formula is C26H28N2O2. The summed E-state index contributed by atoms with van der Waals surface area (Å²) in [4.78, 5) is 6.82. The molecular weight excluding hydrogens is 372 g/mol. The molecule has 0 saturated carbocycles. The van der Waals surface area contributed by atoms with E-state index in [1.807, 2.05) is 12.4 Å². The van der Waals surface area contributed by atoms with Gasteiger partial charge in [0.25, 0.3) is 0 Å². The molecule has 3 aromatic rings. The van der Waals surface area contributed by atoms with Gasteiger partial charge in [-0.3, -0.25) is 9.88 Å². The van der Waals surface area contributed by atoms with Crippen LogP contribution in [0, 0.1) is 13.8 Å². The Morgan fingerprint density at radius 3 is 2.67 bits per heavy atom. The minimum atomic E-state index is 0.433. The van der Waals surface area contributed by atoms with Gasteiger partial charge in [-0.2, -0.15) is 0 Å². The average Bonchev–Trinajstić information content (AvgIpc) is 3.23. The Morgan fingerprint density at radius 1 is 0.967 bits per heavy atom. The van der Waals surface area contributed by atoms with Crippen molar-refractivity contribution in [1.29, 1.82) is 0 Å². The fraction of sp³-hybridized carbons (Fsp3) is 0.346. The predicted molar refractivity (Wildman–Crippen MR) is 119 cm³/mol. The molecule has 0 aliphatic carbocycles. The molecule has 0 spiro atoms. The van der Waals surface area contributed by atoms with Gasteiger partial charge in [0.15, 0.2) is 11.5 Å². The lowest BCUT2D eigenvalue weighted by Crippen LogP contribution is -2.23. The molecule has 2 aromatic carbocycles. The summed E-state index contributed by atoms with van der Waals surface area (Å²) in [5.41, 5.74) is 7.81. The van der Waals surface area contributed by atoms with Gasteiger partial charge in [-0.1, -0.05) is 24.3 Å². The van der Waals surface area contributed by atoms with Crippen molar-refractivity contribution in [1.82, 2.24) is 9.88 Å². The SMILES string of the molecule is Cc1cc(-c2ccncc2C)ccc1CN1CCC[C@H]1c1ccc2c(c1)OCCO2. The molecule has 0 radical (unpaired) electrons. The van der Waals surface area contributed by atoms with E-state index in [0.29, 0.717) is 19.3 Å². The van der Waals surface area contributed by atoms with Crippen LogP contribution >= 0.6 is 0 Å². The Balaban J connectivity index is 1.37. The van der Waals surface area contributed by atoms with Crippen LogP contribution in [0.3, 0.4) is 0 Å². The van der Waals surface area contributed by atoms with E-state index in [-0.39, 0.29) is 0 Å². The van der Waals surface area contributed by atoms with Crippen molar-refractivity contribution in [2.75, 3.05) is 19.8 Å². The lowest BCUT2D eigenvalue weighted by molar-refractivity contribution is 0.170. The molecule has 2 aliphatic heterocycles. The van der Waals surface area contributed by atoms with Gasteiger partial charge in [0.05, 0.1) is 0 Å². The van der Waals surface area contributed by atoms with Gasteiger partial charge in [0.1, 0.15) is 13.2 Å². The molecule has 1 aromatic heterocycles.